The molecule has 1 aliphatic heterocycles. The first-order valence-corrected chi connectivity index (χ1v) is 15.5. The first-order valence-electron chi connectivity index (χ1n) is 15.5. The van der Waals surface area contributed by atoms with Crippen molar-refractivity contribution in [2.24, 2.45) is 5.92 Å². The van der Waals surface area contributed by atoms with Crippen LogP contribution in [0.25, 0.3) is 5.69 Å². The fourth-order valence-corrected chi connectivity index (χ4v) is 5.38. The molecule has 3 amide bonds. The van der Waals surface area contributed by atoms with Crippen LogP contribution in [0.2, 0.25) is 0 Å². The Balaban J connectivity index is 1.19. The summed E-state index contributed by atoms with van der Waals surface area (Å²) in [5, 5.41) is 10.9. The molecule has 1 aromatic heterocycles. The number of urea groups is 1. The molecule has 10 heteroatoms. The number of ether oxygens (including phenoxy) is 2. The Bertz CT molecular complexity index is 1680. The Hall–Kier alpha value is -5.12. The van der Waals surface area contributed by atoms with Gasteiger partial charge in [0.05, 0.1) is 24.1 Å². The highest BCUT2D eigenvalue weighted by Gasteiger charge is 2.26. The summed E-state index contributed by atoms with van der Waals surface area (Å²) in [5.41, 5.74) is 4.85. The number of carbonyl (C=O) groups is 3. The second-order valence-electron chi connectivity index (χ2n) is 12.7. The maximum absolute atomic E-state index is 13.3. The van der Waals surface area contributed by atoms with E-state index in [0.717, 1.165) is 47.5 Å². The molecule has 0 bridgehead atoms. The van der Waals surface area contributed by atoms with Crippen LogP contribution >= 0.6 is 0 Å². The van der Waals surface area contributed by atoms with E-state index in [1.807, 2.05) is 61.5 Å². The second kappa shape index (κ2) is 13.9. The zero-order valence-corrected chi connectivity index (χ0v) is 27.0. The van der Waals surface area contributed by atoms with Gasteiger partial charge < -0.3 is 19.7 Å². The molecule has 0 spiro atoms. The summed E-state index contributed by atoms with van der Waals surface area (Å²) in [7, 11) is 1.32. The van der Waals surface area contributed by atoms with Gasteiger partial charge in [0.15, 0.2) is 0 Å². The topological polar surface area (TPSA) is 115 Å². The van der Waals surface area contributed by atoms with Crippen LogP contribution in [-0.2, 0) is 16.6 Å². The summed E-state index contributed by atoms with van der Waals surface area (Å²) in [6, 6.07) is 23.7. The summed E-state index contributed by atoms with van der Waals surface area (Å²) in [4.78, 5) is 39.4. The number of piperidine rings is 1. The molecule has 1 saturated heterocycles. The van der Waals surface area contributed by atoms with E-state index in [9.17, 15) is 14.4 Å². The maximum Gasteiger partial charge on any atom is 0.415 e. The van der Waals surface area contributed by atoms with Crippen molar-refractivity contribution in [3.63, 3.8) is 0 Å². The number of amides is 3. The minimum atomic E-state index is -0.447. The minimum Gasteiger partial charge on any atom is -0.465 e. The molecule has 1 fully saturated rings. The fourth-order valence-electron chi connectivity index (χ4n) is 5.38. The number of aromatic nitrogens is 2. The molecule has 0 unspecified atom stereocenters. The van der Waals surface area contributed by atoms with Crippen molar-refractivity contribution < 1.29 is 23.9 Å². The zero-order chi connectivity index (χ0) is 32.8. The van der Waals surface area contributed by atoms with E-state index in [2.05, 4.69) is 31.4 Å². The Labute approximate surface area is 269 Å². The van der Waals surface area contributed by atoms with Gasteiger partial charge in [0, 0.05) is 30.3 Å². The summed E-state index contributed by atoms with van der Waals surface area (Å²) in [5.74, 6) is 0.848. The van der Waals surface area contributed by atoms with Crippen molar-refractivity contribution in [2.45, 2.75) is 52.4 Å². The predicted octanol–water partition coefficient (Wildman–Crippen LogP) is 7.36. The van der Waals surface area contributed by atoms with Crippen molar-refractivity contribution in [1.29, 1.82) is 0 Å². The molecule has 240 valence electrons. The van der Waals surface area contributed by atoms with Gasteiger partial charge in [0.2, 0.25) is 0 Å². The summed E-state index contributed by atoms with van der Waals surface area (Å²) >= 11 is 0. The van der Waals surface area contributed by atoms with E-state index in [0.29, 0.717) is 36.1 Å². The normalized spacial score (nSPS) is 13.6. The van der Waals surface area contributed by atoms with Crippen LogP contribution < -0.4 is 15.4 Å². The number of anilines is 2. The molecule has 5 rings (SSSR count). The molecule has 3 aromatic carbocycles. The highest BCUT2D eigenvalue weighted by molar-refractivity contribution is 6.00. The van der Waals surface area contributed by atoms with Gasteiger partial charge in [-0.15, -0.1) is 0 Å². The number of aryl methyl sites for hydroxylation is 1. The van der Waals surface area contributed by atoms with Crippen molar-refractivity contribution in [2.75, 3.05) is 30.8 Å². The summed E-state index contributed by atoms with van der Waals surface area (Å²) in [6.07, 6.45) is 1.97. The number of esters is 1. The van der Waals surface area contributed by atoms with Gasteiger partial charge in [0.25, 0.3) is 0 Å². The zero-order valence-electron chi connectivity index (χ0n) is 27.0. The molecule has 10 nitrogen and oxygen atoms in total. The fraction of sp³-hybridized carbons (Fsp3) is 0.333. The lowest BCUT2D eigenvalue weighted by Gasteiger charge is -2.31. The van der Waals surface area contributed by atoms with Crippen LogP contribution in [0.4, 0.5) is 21.1 Å². The second-order valence-corrected chi connectivity index (χ2v) is 12.7. The number of methoxy groups -OCH3 is 1. The molecule has 4 aromatic rings. The van der Waals surface area contributed by atoms with Crippen LogP contribution in [0, 0.1) is 12.8 Å². The number of hydrogen-bond acceptors (Lipinski definition) is 6. The number of likely N-dealkylation sites (tertiary alicyclic amines) is 1. The highest BCUT2D eigenvalue weighted by atomic mass is 16.6. The third-order valence-electron chi connectivity index (χ3n) is 8.13. The Morgan fingerprint density at radius 2 is 1.59 bits per heavy atom. The smallest absolute Gasteiger partial charge is 0.415 e. The number of rotatable bonds is 7. The van der Waals surface area contributed by atoms with Gasteiger partial charge >= 0.3 is 18.1 Å². The quantitative estimate of drug-likeness (QED) is 0.208. The van der Waals surface area contributed by atoms with E-state index in [-0.39, 0.29) is 11.4 Å². The van der Waals surface area contributed by atoms with Gasteiger partial charge in [0.1, 0.15) is 11.6 Å². The number of hydrogen-bond donors (Lipinski definition) is 2. The van der Waals surface area contributed by atoms with E-state index >= 15 is 0 Å². The van der Waals surface area contributed by atoms with Crippen LogP contribution in [0.15, 0.2) is 78.9 Å². The van der Waals surface area contributed by atoms with Crippen LogP contribution in [-0.4, -0.2) is 53.0 Å². The maximum atomic E-state index is 13.3. The lowest BCUT2D eigenvalue weighted by molar-refractivity contribution is 0.0600. The molecule has 46 heavy (non-hydrogen) atoms. The Morgan fingerprint density at radius 1 is 0.913 bits per heavy atom. The van der Waals surface area contributed by atoms with Gasteiger partial charge in [-0.05, 0) is 80.1 Å². The molecule has 2 heterocycles. The van der Waals surface area contributed by atoms with Gasteiger partial charge in [-0.2, -0.15) is 5.10 Å². The number of benzene rings is 3. The molecule has 0 atom stereocenters. The Morgan fingerprint density at radius 3 is 2.24 bits per heavy atom. The van der Waals surface area contributed by atoms with Crippen molar-refractivity contribution in [1.82, 2.24) is 14.7 Å². The number of nitrogens with one attached hydrogen (secondary N) is 2. The van der Waals surface area contributed by atoms with E-state index in [1.165, 1.54) is 7.11 Å². The van der Waals surface area contributed by atoms with Crippen molar-refractivity contribution in [3.8, 4) is 11.4 Å². The lowest BCUT2D eigenvalue weighted by Crippen LogP contribution is -2.40. The monoisotopic (exact) mass is 623 g/mol. The van der Waals surface area contributed by atoms with Crippen LogP contribution in [0.1, 0.15) is 60.8 Å². The predicted molar refractivity (Wildman–Crippen MR) is 178 cm³/mol. The van der Waals surface area contributed by atoms with Gasteiger partial charge in [-0.25, -0.2) is 19.1 Å². The minimum absolute atomic E-state index is 0.195. The molecule has 0 aliphatic carbocycles. The summed E-state index contributed by atoms with van der Waals surface area (Å²) in [6.45, 7) is 9.45. The molecule has 0 radical (unpaired) electrons. The van der Waals surface area contributed by atoms with Crippen LogP contribution in [0.3, 0.4) is 0 Å². The van der Waals surface area contributed by atoms with E-state index < -0.39 is 12.1 Å². The number of carbonyl (C=O) groups excluding carboxylic acids is 3. The van der Waals surface area contributed by atoms with Gasteiger partial charge in [-0.1, -0.05) is 56.7 Å². The lowest BCUT2D eigenvalue weighted by atomic mass is 9.89. The molecule has 2 N–H and O–H groups in total. The molecule has 1 aliphatic rings. The third-order valence-corrected chi connectivity index (χ3v) is 8.13. The van der Waals surface area contributed by atoms with Crippen LogP contribution in [0.5, 0.6) is 5.75 Å². The average molecular weight is 624 g/mol. The first-order chi connectivity index (χ1) is 22.0. The average Bonchev–Trinajstić information content (AvgIpc) is 3.47. The first kappa shape index (κ1) is 32.3. The van der Waals surface area contributed by atoms with Crippen molar-refractivity contribution in [3.05, 3.63) is 101 Å². The number of para-hydroxylation sites is 1. The summed E-state index contributed by atoms with van der Waals surface area (Å²) < 4.78 is 12.0. The van der Waals surface area contributed by atoms with E-state index in [4.69, 9.17) is 14.6 Å². The standard InChI is InChI=1S/C36H41N5O5/c1-24-10-14-28(15-11-24)41-32(23-31(39-41)36(2,3)4)38-34(43)37-30-9-7-6-8-27(30)22-25-18-20-40(21-19-25)35(44)46-29-16-12-26(13-17-29)33(42)45-5/h6-17,23,25H,18-22H2,1-5H3,(H2,37,38,43). The molecular weight excluding hydrogens is 582 g/mol. The largest absolute Gasteiger partial charge is 0.465 e. The highest BCUT2D eigenvalue weighted by Crippen LogP contribution is 2.29. The third kappa shape index (κ3) is 7.93. The van der Waals surface area contributed by atoms with Crippen molar-refractivity contribution >= 4 is 29.6 Å². The van der Waals surface area contributed by atoms with Gasteiger partial charge in [-0.3, -0.25) is 5.32 Å². The molecule has 0 saturated carbocycles. The number of nitrogens with zero attached hydrogens (tertiary/aromatic N) is 3. The molecular formula is C36H41N5O5. The van der Waals surface area contributed by atoms with E-state index in [1.54, 1.807) is 33.8 Å². The Kier molecular flexibility index (Phi) is 9.75. The SMILES string of the molecule is COC(=O)c1ccc(OC(=O)N2CCC(Cc3ccccc3NC(=O)Nc3cc(C(C)(C)C)nn3-c3ccc(C)cc3)CC2)cc1.